The zero-order valence-electron chi connectivity index (χ0n) is 18.6. The Kier molecular flexibility index (Phi) is 8.65. The van der Waals surface area contributed by atoms with Gasteiger partial charge in [0.1, 0.15) is 12.3 Å². The van der Waals surface area contributed by atoms with Gasteiger partial charge in [-0.15, -0.1) is 0 Å². The largest absolute Gasteiger partial charge is 0.461 e. The quantitative estimate of drug-likeness (QED) is 0.265. The maximum absolute atomic E-state index is 13.0. The summed E-state index contributed by atoms with van der Waals surface area (Å²) in [5.41, 5.74) is -1.02. The molecule has 188 valence electrons. The van der Waals surface area contributed by atoms with Crippen molar-refractivity contribution in [2.24, 2.45) is 4.99 Å². The van der Waals surface area contributed by atoms with Crippen molar-refractivity contribution >= 4 is 44.5 Å². The van der Waals surface area contributed by atoms with E-state index in [1.54, 1.807) is 30.3 Å². The summed E-state index contributed by atoms with van der Waals surface area (Å²) in [5, 5.41) is 7.60. The lowest BCUT2D eigenvalue weighted by Gasteiger charge is -2.12. The molecule has 0 amide bonds. The molecule has 0 aromatic heterocycles. The fourth-order valence-corrected chi connectivity index (χ4v) is 4.32. The Morgan fingerprint density at radius 3 is 2.11 bits per heavy atom. The van der Waals surface area contributed by atoms with Crippen LogP contribution in [0.25, 0.3) is 0 Å². The molecule has 3 rings (SSSR count). The minimum Gasteiger partial charge on any atom is -0.461 e. The molecule has 3 aromatic rings. The van der Waals surface area contributed by atoms with E-state index in [1.807, 2.05) is 0 Å². The zero-order valence-corrected chi connectivity index (χ0v) is 20.2. The molecular weight excluding hydrogens is 517 g/mol. The number of esters is 1. The van der Waals surface area contributed by atoms with Crippen molar-refractivity contribution in [1.82, 2.24) is 0 Å². The molecule has 0 aliphatic heterocycles. The fraction of sp³-hybridized carbons (Fsp3) is 0.160. The Labute approximate surface area is 210 Å². The third-order valence-electron chi connectivity index (χ3n) is 4.94. The second-order valence-corrected chi connectivity index (χ2v) is 10.0. The number of nitrogens with zero attached hydrogens (tertiary/aromatic N) is 1. The molecule has 0 radical (unpaired) electrons. The van der Waals surface area contributed by atoms with Crippen LogP contribution in [0.15, 0.2) is 88.8 Å². The molecule has 0 aliphatic carbocycles. The van der Waals surface area contributed by atoms with E-state index in [0.29, 0.717) is 0 Å². The van der Waals surface area contributed by atoms with Gasteiger partial charge in [0.05, 0.1) is 32.6 Å². The van der Waals surface area contributed by atoms with Gasteiger partial charge in [-0.2, -0.15) is 13.2 Å². The topological polar surface area (TPSA) is 96.7 Å². The summed E-state index contributed by atoms with van der Waals surface area (Å²) in [5.74, 6) is -1.20. The molecule has 0 saturated heterocycles. The summed E-state index contributed by atoms with van der Waals surface area (Å²) in [7, 11) is -3.63. The van der Waals surface area contributed by atoms with Crippen LogP contribution in [0.1, 0.15) is 22.3 Å². The highest BCUT2D eigenvalue weighted by Crippen LogP contribution is 2.27. The van der Waals surface area contributed by atoms with Crippen LogP contribution in [0.2, 0.25) is 5.02 Å². The van der Waals surface area contributed by atoms with E-state index < -0.39 is 39.9 Å². The summed E-state index contributed by atoms with van der Waals surface area (Å²) in [6.45, 7) is -0.375. The van der Waals surface area contributed by atoms with Crippen LogP contribution in [-0.2, 0) is 14.6 Å². The maximum Gasteiger partial charge on any atom is 0.429 e. The maximum atomic E-state index is 13.0. The lowest BCUT2D eigenvalue weighted by molar-refractivity contribution is -0.0605. The first kappa shape index (κ1) is 27.1. The number of carbonyl (C=O) groups is 1. The average Bonchev–Trinajstić information content (AvgIpc) is 2.84. The van der Waals surface area contributed by atoms with Gasteiger partial charge in [-0.1, -0.05) is 54.1 Å². The number of benzene rings is 3. The monoisotopic (exact) mass is 536 g/mol. The van der Waals surface area contributed by atoms with Crippen molar-refractivity contribution in [1.29, 1.82) is 5.41 Å². The van der Waals surface area contributed by atoms with Gasteiger partial charge < -0.3 is 10.1 Å². The number of para-hydroxylation sites is 1. The van der Waals surface area contributed by atoms with Gasteiger partial charge in [0.2, 0.25) is 0 Å². The van der Waals surface area contributed by atoms with Gasteiger partial charge in [0.25, 0.3) is 0 Å². The van der Waals surface area contributed by atoms with Gasteiger partial charge in [-0.05, 0) is 42.0 Å². The molecule has 0 unspecified atom stereocenters. The highest BCUT2D eigenvalue weighted by Gasteiger charge is 2.35. The summed E-state index contributed by atoms with van der Waals surface area (Å²) in [4.78, 5) is 16.7. The number of carbonyl (C=O) groups excluding carboxylic acids is 1. The van der Waals surface area contributed by atoms with E-state index in [9.17, 15) is 26.4 Å². The van der Waals surface area contributed by atoms with Gasteiger partial charge in [0.15, 0.2) is 9.84 Å². The number of aliphatic imine (C=N–C) groups is 1. The molecule has 0 bridgehead atoms. The first-order chi connectivity index (χ1) is 17.0. The van der Waals surface area contributed by atoms with Gasteiger partial charge in [-0.25, -0.2) is 13.2 Å². The molecule has 0 heterocycles. The highest BCUT2D eigenvalue weighted by atomic mass is 35.5. The van der Waals surface area contributed by atoms with Crippen molar-refractivity contribution in [3.05, 3.63) is 95.0 Å². The number of ether oxygens (including phenoxy) is 1. The molecule has 11 heteroatoms. The van der Waals surface area contributed by atoms with Gasteiger partial charge in [0, 0.05) is 6.42 Å². The Morgan fingerprint density at radius 1 is 0.917 bits per heavy atom. The zero-order chi connectivity index (χ0) is 26.3. The summed E-state index contributed by atoms with van der Waals surface area (Å²) in [6, 6.07) is 19.4. The molecule has 0 aliphatic rings. The van der Waals surface area contributed by atoms with E-state index in [-0.39, 0.29) is 39.1 Å². The van der Waals surface area contributed by atoms with Gasteiger partial charge >= 0.3 is 12.1 Å². The fourth-order valence-electron chi connectivity index (χ4n) is 3.03. The van der Waals surface area contributed by atoms with E-state index in [2.05, 4.69) is 4.99 Å². The minimum absolute atomic E-state index is 0.0684. The number of hydrogen-bond donors (Lipinski definition) is 1. The van der Waals surface area contributed by atoms with Crippen molar-refractivity contribution in [2.75, 3.05) is 12.4 Å². The molecule has 0 fully saturated rings. The van der Waals surface area contributed by atoms with Crippen LogP contribution in [0.5, 0.6) is 0 Å². The first-order valence-corrected chi connectivity index (χ1v) is 12.5. The number of halogens is 4. The molecule has 0 atom stereocenters. The number of nitrogens with one attached hydrogen (secondary N) is 1. The van der Waals surface area contributed by atoms with E-state index in [4.69, 9.17) is 21.7 Å². The number of rotatable bonds is 9. The van der Waals surface area contributed by atoms with Crippen molar-refractivity contribution in [2.45, 2.75) is 17.5 Å². The SMILES string of the molecule is N=C(CC(=Nc1ccccc1Cl)c1ccc(C(=O)OCCS(=O)(=O)c2ccccc2)cc1)C(F)(F)F. The summed E-state index contributed by atoms with van der Waals surface area (Å²) >= 11 is 6.08. The van der Waals surface area contributed by atoms with E-state index in [0.717, 1.165) is 0 Å². The number of alkyl halides is 3. The van der Waals surface area contributed by atoms with Crippen LogP contribution in [-0.4, -0.2) is 44.3 Å². The van der Waals surface area contributed by atoms with Crippen LogP contribution in [0, 0.1) is 5.41 Å². The Hall–Kier alpha value is -3.50. The molecule has 0 spiro atoms. The minimum atomic E-state index is -4.83. The van der Waals surface area contributed by atoms with Crippen molar-refractivity contribution < 1.29 is 31.1 Å². The molecule has 1 N–H and O–H groups in total. The summed E-state index contributed by atoms with van der Waals surface area (Å²) < 4.78 is 68.7. The first-order valence-electron chi connectivity index (χ1n) is 10.5. The molecule has 3 aromatic carbocycles. The second kappa shape index (κ2) is 11.5. The Balaban J connectivity index is 1.75. The van der Waals surface area contributed by atoms with Crippen molar-refractivity contribution in [3.8, 4) is 0 Å². The molecule has 6 nitrogen and oxygen atoms in total. The van der Waals surface area contributed by atoms with Crippen molar-refractivity contribution in [3.63, 3.8) is 0 Å². The van der Waals surface area contributed by atoms with E-state index >= 15 is 0 Å². The Bertz CT molecular complexity index is 1370. The molecule has 36 heavy (non-hydrogen) atoms. The predicted octanol–water partition coefficient (Wildman–Crippen LogP) is 6.06. The molecular formula is C25H20ClF3N2O4S. The molecule has 0 saturated carbocycles. The third kappa shape index (κ3) is 7.25. The van der Waals surface area contributed by atoms with Crippen LogP contribution in [0.3, 0.4) is 0 Å². The standard InChI is InChI=1S/C25H20ClF3N2O4S/c26-20-8-4-5-9-21(20)31-22(16-23(30)25(27,28)29)17-10-12-18(13-11-17)24(32)35-14-15-36(33,34)19-6-2-1-3-7-19/h1-13,30H,14-16H2. The lowest BCUT2D eigenvalue weighted by Crippen LogP contribution is -2.25. The Morgan fingerprint density at radius 2 is 1.50 bits per heavy atom. The van der Waals surface area contributed by atoms with E-state index in [1.165, 1.54) is 48.5 Å². The number of hydrogen-bond acceptors (Lipinski definition) is 6. The second-order valence-electron chi connectivity index (χ2n) is 7.51. The van der Waals surface area contributed by atoms with Crippen LogP contribution >= 0.6 is 11.6 Å². The normalized spacial score (nSPS) is 12.3. The third-order valence-corrected chi connectivity index (χ3v) is 6.95. The smallest absolute Gasteiger partial charge is 0.429 e. The van der Waals surface area contributed by atoms with Crippen LogP contribution in [0.4, 0.5) is 18.9 Å². The number of sulfone groups is 1. The highest BCUT2D eigenvalue weighted by molar-refractivity contribution is 7.91. The predicted molar refractivity (Wildman–Crippen MR) is 131 cm³/mol. The van der Waals surface area contributed by atoms with Gasteiger partial charge in [-0.3, -0.25) is 4.99 Å². The summed E-state index contributed by atoms with van der Waals surface area (Å²) in [6.07, 6.45) is -5.64. The average molecular weight is 537 g/mol. The lowest BCUT2D eigenvalue weighted by atomic mass is 10.0. The van der Waals surface area contributed by atoms with Crippen LogP contribution < -0.4 is 0 Å².